The largest absolute Gasteiger partial charge is 0.304 e. The van der Waals surface area contributed by atoms with Gasteiger partial charge in [-0.1, -0.05) is 5.57 Å². The lowest BCUT2D eigenvalue weighted by molar-refractivity contribution is 0.155. The van der Waals surface area contributed by atoms with Gasteiger partial charge in [-0.3, -0.25) is 0 Å². The minimum absolute atomic E-state index is 1.16. The summed E-state index contributed by atoms with van der Waals surface area (Å²) < 4.78 is 0. The van der Waals surface area contributed by atoms with E-state index in [4.69, 9.17) is 0 Å². The molecule has 0 amide bonds. The zero-order chi connectivity index (χ0) is 8.97. The summed E-state index contributed by atoms with van der Waals surface area (Å²) >= 11 is 0. The summed E-state index contributed by atoms with van der Waals surface area (Å²) in [4.78, 5) is 4.91. The Kier molecular flexibility index (Phi) is 3.76. The second kappa shape index (κ2) is 4.63. The number of rotatable bonds is 3. The van der Waals surface area contributed by atoms with E-state index in [2.05, 4.69) is 30.4 Å². The number of piperazine rings is 1. The SMILES string of the molecule is C=C(C)CCN1CCN(C)CC1. The van der Waals surface area contributed by atoms with Gasteiger partial charge in [0, 0.05) is 32.7 Å². The summed E-state index contributed by atoms with van der Waals surface area (Å²) in [5.41, 5.74) is 1.30. The van der Waals surface area contributed by atoms with Gasteiger partial charge in [0.2, 0.25) is 0 Å². The summed E-state index contributed by atoms with van der Waals surface area (Å²) in [5, 5.41) is 0. The maximum absolute atomic E-state index is 3.92. The van der Waals surface area contributed by atoms with E-state index in [1.807, 2.05) is 0 Å². The van der Waals surface area contributed by atoms with Gasteiger partial charge in [-0.25, -0.2) is 0 Å². The molecule has 0 aromatic carbocycles. The summed E-state index contributed by atoms with van der Waals surface area (Å²) in [6.07, 6.45) is 1.16. The van der Waals surface area contributed by atoms with Crippen LogP contribution in [0.5, 0.6) is 0 Å². The van der Waals surface area contributed by atoms with Crippen LogP contribution in [0.4, 0.5) is 0 Å². The monoisotopic (exact) mass is 168 g/mol. The van der Waals surface area contributed by atoms with Crippen LogP contribution in [-0.2, 0) is 0 Å². The van der Waals surface area contributed by atoms with E-state index in [0.29, 0.717) is 0 Å². The van der Waals surface area contributed by atoms with Crippen molar-refractivity contribution in [2.24, 2.45) is 0 Å². The van der Waals surface area contributed by atoms with Gasteiger partial charge in [-0.15, -0.1) is 6.58 Å². The van der Waals surface area contributed by atoms with Crippen LogP contribution in [0.2, 0.25) is 0 Å². The van der Waals surface area contributed by atoms with Crippen molar-refractivity contribution in [2.45, 2.75) is 13.3 Å². The van der Waals surface area contributed by atoms with Crippen molar-refractivity contribution in [1.82, 2.24) is 9.80 Å². The molecular formula is C10H20N2. The highest BCUT2D eigenvalue weighted by molar-refractivity contribution is 4.89. The van der Waals surface area contributed by atoms with Crippen LogP contribution in [-0.4, -0.2) is 49.6 Å². The summed E-state index contributed by atoms with van der Waals surface area (Å²) in [6, 6.07) is 0. The first-order valence-electron chi connectivity index (χ1n) is 4.74. The van der Waals surface area contributed by atoms with Crippen LogP contribution in [0.25, 0.3) is 0 Å². The van der Waals surface area contributed by atoms with Gasteiger partial charge in [-0.2, -0.15) is 0 Å². The Morgan fingerprint density at radius 3 is 2.33 bits per heavy atom. The fourth-order valence-corrected chi connectivity index (χ4v) is 1.42. The van der Waals surface area contributed by atoms with Crippen molar-refractivity contribution in [3.63, 3.8) is 0 Å². The molecule has 0 spiro atoms. The second-order valence-electron chi connectivity index (χ2n) is 3.85. The molecule has 1 saturated heterocycles. The quantitative estimate of drug-likeness (QED) is 0.584. The Bertz CT molecular complexity index is 146. The highest BCUT2D eigenvalue weighted by Gasteiger charge is 2.12. The van der Waals surface area contributed by atoms with E-state index in [0.717, 1.165) is 6.42 Å². The third kappa shape index (κ3) is 3.37. The molecule has 0 bridgehead atoms. The lowest BCUT2D eigenvalue weighted by atomic mass is 10.2. The zero-order valence-corrected chi connectivity index (χ0v) is 8.34. The maximum atomic E-state index is 3.92. The Labute approximate surface area is 75.8 Å². The first kappa shape index (κ1) is 9.75. The molecule has 1 rings (SSSR count). The molecule has 2 nitrogen and oxygen atoms in total. The molecule has 1 aliphatic heterocycles. The average molecular weight is 168 g/mol. The van der Waals surface area contributed by atoms with Crippen LogP contribution in [0.3, 0.4) is 0 Å². The predicted molar refractivity (Wildman–Crippen MR) is 53.4 cm³/mol. The smallest absolute Gasteiger partial charge is 0.0110 e. The van der Waals surface area contributed by atoms with Crippen molar-refractivity contribution >= 4 is 0 Å². The Morgan fingerprint density at radius 2 is 1.83 bits per heavy atom. The van der Waals surface area contributed by atoms with Gasteiger partial charge >= 0.3 is 0 Å². The molecule has 0 saturated carbocycles. The molecule has 0 atom stereocenters. The van der Waals surface area contributed by atoms with E-state index in [9.17, 15) is 0 Å². The Balaban J connectivity index is 2.13. The average Bonchev–Trinajstić information content (AvgIpc) is 2.03. The van der Waals surface area contributed by atoms with Crippen LogP contribution in [0.1, 0.15) is 13.3 Å². The van der Waals surface area contributed by atoms with Crippen LogP contribution >= 0.6 is 0 Å². The van der Waals surface area contributed by atoms with Crippen molar-refractivity contribution in [3.05, 3.63) is 12.2 Å². The molecule has 0 aromatic heterocycles. The van der Waals surface area contributed by atoms with Gasteiger partial charge in [-0.05, 0) is 20.4 Å². The summed E-state index contributed by atoms with van der Waals surface area (Å²) in [6.45, 7) is 12.1. The number of nitrogens with zero attached hydrogens (tertiary/aromatic N) is 2. The van der Waals surface area contributed by atoms with Gasteiger partial charge in [0.05, 0.1) is 0 Å². The van der Waals surface area contributed by atoms with E-state index >= 15 is 0 Å². The maximum Gasteiger partial charge on any atom is 0.0110 e. The fourth-order valence-electron chi connectivity index (χ4n) is 1.42. The van der Waals surface area contributed by atoms with E-state index in [-0.39, 0.29) is 0 Å². The summed E-state index contributed by atoms with van der Waals surface area (Å²) in [7, 11) is 2.19. The predicted octanol–water partition coefficient (Wildman–Crippen LogP) is 1.20. The third-order valence-corrected chi connectivity index (χ3v) is 2.45. The molecule has 2 heteroatoms. The van der Waals surface area contributed by atoms with Crippen molar-refractivity contribution in [2.75, 3.05) is 39.8 Å². The third-order valence-electron chi connectivity index (χ3n) is 2.45. The minimum atomic E-state index is 1.16. The molecule has 0 unspecified atom stereocenters. The van der Waals surface area contributed by atoms with Gasteiger partial charge in [0.15, 0.2) is 0 Å². The lowest BCUT2D eigenvalue weighted by Gasteiger charge is -2.32. The highest BCUT2D eigenvalue weighted by atomic mass is 15.2. The topological polar surface area (TPSA) is 6.48 Å². The van der Waals surface area contributed by atoms with Crippen molar-refractivity contribution < 1.29 is 0 Å². The molecular weight excluding hydrogens is 148 g/mol. The number of hydrogen-bond acceptors (Lipinski definition) is 2. The first-order chi connectivity index (χ1) is 5.68. The standard InChI is InChI=1S/C10H20N2/c1-10(2)4-5-12-8-6-11(3)7-9-12/h1,4-9H2,2-3H3. The Hall–Kier alpha value is -0.340. The van der Waals surface area contributed by atoms with Crippen LogP contribution < -0.4 is 0 Å². The van der Waals surface area contributed by atoms with Crippen molar-refractivity contribution in [3.8, 4) is 0 Å². The molecule has 1 heterocycles. The zero-order valence-electron chi connectivity index (χ0n) is 8.34. The Morgan fingerprint density at radius 1 is 1.25 bits per heavy atom. The van der Waals surface area contributed by atoms with Gasteiger partial charge in [0.1, 0.15) is 0 Å². The van der Waals surface area contributed by atoms with E-state index in [1.54, 1.807) is 0 Å². The highest BCUT2D eigenvalue weighted by Crippen LogP contribution is 2.03. The van der Waals surface area contributed by atoms with Crippen LogP contribution in [0, 0.1) is 0 Å². The number of hydrogen-bond donors (Lipinski definition) is 0. The van der Waals surface area contributed by atoms with Gasteiger partial charge in [0.25, 0.3) is 0 Å². The first-order valence-corrected chi connectivity index (χ1v) is 4.74. The minimum Gasteiger partial charge on any atom is -0.304 e. The van der Waals surface area contributed by atoms with Crippen molar-refractivity contribution in [1.29, 1.82) is 0 Å². The van der Waals surface area contributed by atoms with E-state index < -0.39 is 0 Å². The molecule has 1 aliphatic rings. The van der Waals surface area contributed by atoms with Gasteiger partial charge < -0.3 is 9.80 Å². The lowest BCUT2D eigenvalue weighted by Crippen LogP contribution is -2.44. The molecule has 12 heavy (non-hydrogen) atoms. The molecule has 70 valence electrons. The molecule has 0 N–H and O–H groups in total. The van der Waals surface area contributed by atoms with E-state index in [1.165, 1.54) is 38.3 Å². The molecule has 0 aliphatic carbocycles. The normalized spacial score (nSPS) is 21.2. The molecule has 0 radical (unpaired) electrons. The molecule has 0 aromatic rings. The fraction of sp³-hybridized carbons (Fsp3) is 0.800. The second-order valence-corrected chi connectivity index (χ2v) is 3.85. The summed E-state index contributed by atoms with van der Waals surface area (Å²) in [5.74, 6) is 0. The van der Waals surface area contributed by atoms with Crippen LogP contribution in [0.15, 0.2) is 12.2 Å². The molecule has 1 fully saturated rings. The number of likely N-dealkylation sites (N-methyl/N-ethyl adjacent to an activating group) is 1.